The highest BCUT2D eigenvalue weighted by molar-refractivity contribution is 6.38. The van der Waals surface area contributed by atoms with Gasteiger partial charge in [-0.15, -0.1) is 0 Å². The molecule has 17 heavy (non-hydrogen) atoms. The van der Waals surface area contributed by atoms with Crippen LogP contribution in [0.2, 0.25) is 5.02 Å². The first-order valence-corrected chi connectivity index (χ1v) is 5.31. The van der Waals surface area contributed by atoms with E-state index in [0.717, 1.165) is 5.69 Å². The molecule has 3 aromatic rings. The molecule has 0 aliphatic carbocycles. The Bertz CT molecular complexity index is 744. The number of fused-ring (bicyclic) bond motifs is 3. The van der Waals surface area contributed by atoms with Crippen LogP contribution in [-0.4, -0.2) is 25.0 Å². The van der Waals surface area contributed by atoms with E-state index >= 15 is 0 Å². The molecule has 2 heterocycles. The van der Waals surface area contributed by atoms with Crippen LogP contribution in [0.3, 0.4) is 0 Å². The summed E-state index contributed by atoms with van der Waals surface area (Å²) in [5.41, 5.74) is 2.54. The smallest absolute Gasteiger partial charge is 0.164 e. The Kier molecular flexibility index (Phi) is 2.09. The van der Waals surface area contributed by atoms with Crippen molar-refractivity contribution in [2.24, 2.45) is 0 Å². The molecule has 0 aliphatic heterocycles. The van der Waals surface area contributed by atoms with Crippen LogP contribution in [0.25, 0.3) is 22.1 Å². The fourth-order valence-corrected chi connectivity index (χ4v) is 1.93. The number of rotatable bonds is 0. The van der Waals surface area contributed by atoms with Crippen LogP contribution < -0.4 is 0 Å². The maximum atomic E-state index is 9.94. The largest absolute Gasteiger partial charge is 0.504 e. The molecule has 0 spiro atoms. The van der Waals surface area contributed by atoms with E-state index in [-0.39, 0.29) is 10.8 Å². The molecule has 0 atom stereocenters. The fraction of sp³-hybridized carbons (Fsp3) is 0.0909. The summed E-state index contributed by atoms with van der Waals surface area (Å²) in [6.07, 6.45) is 4.66. The molecule has 84 valence electrons. The molecule has 0 amide bonds. The van der Waals surface area contributed by atoms with Crippen molar-refractivity contribution in [3.05, 3.63) is 29.3 Å². The lowest BCUT2D eigenvalue weighted by Gasteiger charge is -2.06. The highest BCUT2D eigenvalue weighted by Crippen LogP contribution is 2.36. The average molecular weight is 247 g/mol. The Morgan fingerprint density at radius 3 is 2.41 bits per heavy atom. The van der Waals surface area contributed by atoms with Crippen molar-refractivity contribution in [2.45, 2.75) is 6.92 Å². The van der Waals surface area contributed by atoms with E-state index in [1.54, 1.807) is 13.1 Å². The number of nitrogens with zero attached hydrogens (tertiary/aromatic N) is 4. The highest BCUT2D eigenvalue weighted by atomic mass is 35.5. The molecular formula is C11H7ClN4O. The van der Waals surface area contributed by atoms with Gasteiger partial charge in [-0.05, 0) is 6.92 Å². The van der Waals surface area contributed by atoms with Crippen molar-refractivity contribution in [1.29, 1.82) is 0 Å². The summed E-state index contributed by atoms with van der Waals surface area (Å²) in [5, 5.41) is 10.1. The minimum atomic E-state index is -0.109. The normalized spacial score (nSPS) is 11.2. The van der Waals surface area contributed by atoms with Crippen molar-refractivity contribution in [2.75, 3.05) is 0 Å². The summed E-state index contributed by atoms with van der Waals surface area (Å²) in [4.78, 5) is 16.7. The van der Waals surface area contributed by atoms with Crippen molar-refractivity contribution in [3.63, 3.8) is 0 Å². The molecule has 0 unspecified atom stereocenters. The molecule has 3 rings (SSSR count). The van der Waals surface area contributed by atoms with Gasteiger partial charge in [0.15, 0.2) is 5.75 Å². The molecule has 0 saturated heterocycles. The number of benzene rings is 1. The van der Waals surface area contributed by atoms with E-state index in [1.165, 1.54) is 12.4 Å². The van der Waals surface area contributed by atoms with Crippen LogP contribution in [0.5, 0.6) is 5.75 Å². The van der Waals surface area contributed by atoms with Crippen LogP contribution >= 0.6 is 11.6 Å². The molecule has 0 fully saturated rings. The number of aromatic nitrogens is 4. The Balaban J connectivity index is 2.65. The first-order chi connectivity index (χ1) is 8.18. The van der Waals surface area contributed by atoms with Crippen LogP contribution in [0.4, 0.5) is 0 Å². The van der Waals surface area contributed by atoms with E-state index in [1.807, 2.05) is 0 Å². The molecular weight excluding hydrogens is 240 g/mol. The number of phenols is 1. The van der Waals surface area contributed by atoms with Gasteiger partial charge in [0.05, 0.1) is 5.69 Å². The Morgan fingerprint density at radius 1 is 1.00 bits per heavy atom. The Hall–Kier alpha value is -2.01. The third-order valence-electron chi connectivity index (χ3n) is 2.46. The minimum absolute atomic E-state index is 0.109. The molecule has 6 heteroatoms. The molecule has 0 aliphatic rings. The van der Waals surface area contributed by atoms with Gasteiger partial charge in [0, 0.05) is 18.6 Å². The number of hydrogen-bond donors (Lipinski definition) is 1. The molecule has 1 N–H and O–H groups in total. The second-order valence-electron chi connectivity index (χ2n) is 3.62. The average Bonchev–Trinajstić information content (AvgIpc) is 2.36. The van der Waals surface area contributed by atoms with Gasteiger partial charge in [0.25, 0.3) is 0 Å². The van der Waals surface area contributed by atoms with Gasteiger partial charge in [0.1, 0.15) is 27.1 Å². The van der Waals surface area contributed by atoms with Gasteiger partial charge in [-0.3, -0.25) is 9.97 Å². The van der Waals surface area contributed by atoms with Gasteiger partial charge < -0.3 is 5.11 Å². The number of hydrogen-bond acceptors (Lipinski definition) is 5. The molecule has 5 nitrogen and oxygen atoms in total. The minimum Gasteiger partial charge on any atom is -0.504 e. The van der Waals surface area contributed by atoms with Crippen molar-refractivity contribution < 1.29 is 5.11 Å². The van der Waals surface area contributed by atoms with Gasteiger partial charge in [-0.2, -0.15) is 0 Å². The van der Waals surface area contributed by atoms with Crippen molar-refractivity contribution in [3.8, 4) is 5.75 Å². The van der Waals surface area contributed by atoms with E-state index in [0.29, 0.717) is 22.1 Å². The monoisotopic (exact) mass is 246 g/mol. The number of aryl methyl sites for hydroxylation is 1. The topological polar surface area (TPSA) is 71.8 Å². The summed E-state index contributed by atoms with van der Waals surface area (Å²) >= 11 is 6.06. The third-order valence-corrected chi connectivity index (χ3v) is 2.81. The Labute approximate surface area is 101 Å². The van der Waals surface area contributed by atoms with Gasteiger partial charge in [0.2, 0.25) is 0 Å². The van der Waals surface area contributed by atoms with Crippen LogP contribution in [-0.2, 0) is 0 Å². The number of aromatic hydroxyl groups is 1. The zero-order chi connectivity index (χ0) is 12.0. The lowest BCUT2D eigenvalue weighted by atomic mass is 10.2. The van der Waals surface area contributed by atoms with E-state index in [4.69, 9.17) is 11.6 Å². The second kappa shape index (κ2) is 3.49. The van der Waals surface area contributed by atoms with Crippen LogP contribution in [0, 0.1) is 6.92 Å². The molecule has 0 bridgehead atoms. The Morgan fingerprint density at radius 2 is 1.65 bits per heavy atom. The van der Waals surface area contributed by atoms with Gasteiger partial charge in [-0.1, -0.05) is 11.6 Å². The second-order valence-corrected chi connectivity index (χ2v) is 4.00. The first kappa shape index (κ1) is 10.2. The third kappa shape index (κ3) is 1.39. The van der Waals surface area contributed by atoms with Crippen LogP contribution in [0.1, 0.15) is 5.69 Å². The highest BCUT2D eigenvalue weighted by Gasteiger charge is 2.16. The zero-order valence-corrected chi connectivity index (χ0v) is 9.60. The SMILES string of the molecule is Cc1cnc2c(n1)c(Cl)c(O)c1nccnc12. The van der Waals surface area contributed by atoms with E-state index in [9.17, 15) is 5.11 Å². The molecule has 0 radical (unpaired) electrons. The predicted octanol–water partition coefficient (Wildman–Crippen LogP) is 2.24. The summed E-state index contributed by atoms with van der Waals surface area (Å²) < 4.78 is 0. The number of halogens is 1. The lowest BCUT2D eigenvalue weighted by Crippen LogP contribution is -1.93. The van der Waals surface area contributed by atoms with E-state index in [2.05, 4.69) is 19.9 Å². The van der Waals surface area contributed by atoms with Crippen molar-refractivity contribution in [1.82, 2.24) is 19.9 Å². The summed E-state index contributed by atoms with van der Waals surface area (Å²) in [6, 6.07) is 0. The lowest BCUT2D eigenvalue weighted by molar-refractivity contribution is 0.481. The van der Waals surface area contributed by atoms with E-state index < -0.39 is 0 Å². The standard InChI is InChI=1S/C11H7ClN4O/c1-5-4-15-8-7(16-5)6(12)11(17)10-9(8)13-2-3-14-10/h2-4,17H,1H3. The molecule has 1 aromatic carbocycles. The molecule has 2 aromatic heterocycles. The zero-order valence-electron chi connectivity index (χ0n) is 8.85. The number of phenolic OH excluding ortho intramolecular Hbond substituents is 1. The quantitative estimate of drug-likeness (QED) is 0.616. The summed E-state index contributed by atoms with van der Waals surface area (Å²) in [5.74, 6) is -0.109. The molecule has 0 saturated carbocycles. The van der Waals surface area contributed by atoms with Crippen LogP contribution in [0.15, 0.2) is 18.6 Å². The summed E-state index contributed by atoms with van der Waals surface area (Å²) in [6.45, 7) is 1.81. The van der Waals surface area contributed by atoms with Gasteiger partial charge >= 0.3 is 0 Å². The fourth-order valence-electron chi connectivity index (χ4n) is 1.70. The van der Waals surface area contributed by atoms with Gasteiger partial charge in [-0.25, -0.2) is 9.97 Å². The van der Waals surface area contributed by atoms with Crippen molar-refractivity contribution >= 4 is 33.7 Å². The maximum absolute atomic E-state index is 9.94. The first-order valence-electron chi connectivity index (χ1n) is 4.93. The maximum Gasteiger partial charge on any atom is 0.164 e. The predicted molar refractivity (Wildman–Crippen MR) is 64.0 cm³/mol. The summed E-state index contributed by atoms with van der Waals surface area (Å²) in [7, 11) is 0.